The van der Waals surface area contributed by atoms with E-state index in [9.17, 15) is 14.4 Å². The van der Waals surface area contributed by atoms with Gasteiger partial charge in [-0.15, -0.1) is 0 Å². The van der Waals surface area contributed by atoms with E-state index in [1.165, 1.54) is 0 Å². The first kappa shape index (κ1) is 28.6. The molecular weight excluding hydrogens is 478 g/mol. The zero-order chi connectivity index (χ0) is 27.0. The summed E-state index contributed by atoms with van der Waals surface area (Å²) < 4.78 is 10.4. The molecule has 0 aliphatic carbocycles. The summed E-state index contributed by atoms with van der Waals surface area (Å²) in [5, 5.41) is 5.32. The Hall–Kier alpha value is -3.64. The monoisotopic (exact) mass is 511 g/mol. The number of anilines is 1. The van der Waals surface area contributed by atoms with Gasteiger partial charge in [-0.2, -0.15) is 12.6 Å². The van der Waals surface area contributed by atoms with Crippen LogP contribution in [0.2, 0.25) is 0 Å². The molecule has 2 aromatic carbocycles. The lowest BCUT2D eigenvalue weighted by atomic mass is 9.95. The zero-order valence-electron chi connectivity index (χ0n) is 21.4. The third-order valence-corrected chi connectivity index (χ3v) is 5.72. The number of ether oxygens (including phenoxy) is 2. The second-order valence-electron chi connectivity index (χ2n) is 9.13. The van der Waals surface area contributed by atoms with E-state index >= 15 is 0 Å². The number of carbonyl (C=O) groups is 3. The minimum atomic E-state index is -1.17. The fourth-order valence-corrected chi connectivity index (χ4v) is 3.67. The number of terminal acetylenes is 1. The van der Waals surface area contributed by atoms with Crippen LogP contribution in [0.1, 0.15) is 43.5 Å². The van der Waals surface area contributed by atoms with Crippen molar-refractivity contribution in [2.75, 3.05) is 18.2 Å². The number of hydrogen-bond acceptors (Lipinski definition) is 6. The van der Waals surface area contributed by atoms with Crippen molar-refractivity contribution in [2.24, 2.45) is 0 Å². The van der Waals surface area contributed by atoms with E-state index in [1.807, 2.05) is 19.9 Å². The average molecular weight is 512 g/mol. The molecule has 0 saturated carbocycles. The molecule has 192 valence electrons. The fraction of sp³-hybridized carbons (Fsp3) is 0.370. The van der Waals surface area contributed by atoms with Crippen molar-refractivity contribution in [1.29, 1.82) is 0 Å². The van der Waals surface area contributed by atoms with Crippen LogP contribution in [0.5, 0.6) is 5.75 Å². The van der Waals surface area contributed by atoms with Crippen LogP contribution in [0.25, 0.3) is 0 Å². The van der Waals surface area contributed by atoms with Gasteiger partial charge >= 0.3 is 6.09 Å². The third kappa shape index (κ3) is 7.43. The molecule has 0 aliphatic rings. The molecule has 2 N–H and O–H groups in total. The number of thiol groups is 1. The van der Waals surface area contributed by atoms with Crippen molar-refractivity contribution in [3.63, 3.8) is 0 Å². The molecule has 2 rings (SSSR count). The Bertz CT molecular complexity index is 1140. The lowest BCUT2D eigenvalue weighted by Gasteiger charge is -2.31. The number of carbonyl (C=O) groups excluding carboxylic acids is 3. The second kappa shape index (κ2) is 12.4. The maximum atomic E-state index is 13.6. The highest BCUT2D eigenvalue weighted by molar-refractivity contribution is 7.80. The summed E-state index contributed by atoms with van der Waals surface area (Å²) in [7, 11) is 1.55. The van der Waals surface area contributed by atoms with Crippen molar-refractivity contribution in [3.05, 3.63) is 59.2 Å². The number of aryl methyl sites for hydroxylation is 1. The number of nitrogens with one attached hydrogen (secondary N) is 2. The average Bonchev–Trinajstić information content (AvgIpc) is 2.82. The molecule has 0 aromatic heterocycles. The van der Waals surface area contributed by atoms with Crippen LogP contribution < -0.4 is 15.4 Å². The van der Waals surface area contributed by atoms with E-state index < -0.39 is 35.6 Å². The fourth-order valence-electron chi connectivity index (χ4n) is 3.42. The van der Waals surface area contributed by atoms with Gasteiger partial charge in [-0.05, 0) is 75.6 Å². The molecule has 0 fully saturated rings. The molecule has 8 nitrogen and oxygen atoms in total. The van der Waals surface area contributed by atoms with Crippen LogP contribution in [-0.2, 0) is 14.3 Å². The van der Waals surface area contributed by atoms with E-state index in [0.717, 1.165) is 16.0 Å². The van der Waals surface area contributed by atoms with Gasteiger partial charge < -0.3 is 20.1 Å². The topological polar surface area (TPSA) is 97.0 Å². The molecule has 2 unspecified atom stereocenters. The molecule has 3 amide bonds. The quantitative estimate of drug-likeness (QED) is 0.280. The molecule has 2 atom stereocenters. The van der Waals surface area contributed by atoms with Crippen molar-refractivity contribution >= 4 is 36.2 Å². The summed E-state index contributed by atoms with van der Waals surface area (Å²) in [5.41, 5.74) is 2.03. The minimum absolute atomic E-state index is 0.0596. The van der Waals surface area contributed by atoms with E-state index in [0.29, 0.717) is 17.0 Å². The Kier molecular flexibility index (Phi) is 9.82. The first-order valence-corrected chi connectivity index (χ1v) is 12.0. The van der Waals surface area contributed by atoms with Gasteiger partial charge in [-0.25, -0.2) is 4.79 Å². The van der Waals surface area contributed by atoms with E-state index in [4.69, 9.17) is 15.9 Å². The summed E-state index contributed by atoms with van der Waals surface area (Å²) in [5.74, 6) is -0.621. The number of benzene rings is 2. The van der Waals surface area contributed by atoms with E-state index in [2.05, 4.69) is 29.3 Å². The zero-order valence-corrected chi connectivity index (χ0v) is 22.3. The number of amides is 3. The van der Waals surface area contributed by atoms with Crippen molar-refractivity contribution < 1.29 is 23.9 Å². The van der Waals surface area contributed by atoms with Gasteiger partial charge in [-0.1, -0.05) is 24.6 Å². The summed E-state index contributed by atoms with van der Waals surface area (Å²) in [4.78, 5) is 40.4. The Morgan fingerprint density at radius 2 is 1.75 bits per heavy atom. The van der Waals surface area contributed by atoms with Gasteiger partial charge in [-0.3, -0.25) is 14.5 Å². The van der Waals surface area contributed by atoms with Crippen LogP contribution in [0.15, 0.2) is 42.5 Å². The molecular formula is C27H33N3O5S. The highest BCUT2D eigenvalue weighted by atomic mass is 32.1. The standard InChI is InChI=1S/C27H33N3O5S/c1-8-30(25(32)22(16-36)29-26(33)35-27(4,5)6)23(21-11-9-10-17(2)18(21)3)24(31)28-19-12-14-20(34-7)15-13-19/h1,9-15,22-23,36H,16H2,2-7H3,(H,28,31)(H,29,33). The van der Waals surface area contributed by atoms with Gasteiger partial charge in [0, 0.05) is 17.5 Å². The molecule has 0 saturated heterocycles. The lowest BCUT2D eigenvalue weighted by molar-refractivity contribution is -0.136. The summed E-state index contributed by atoms with van der Waals surface area (Å²) in [6.07, 6.45) is 4.99. The molecule has 0 spiro atoms. The number of rotatable bonds is 8. The molecule has 9 heteroatoms. The van der Waals surface area contributed by atoms with Gasteiger partial charge in [0.2, 0.25) is 0 Å². The van der Waals surface area contributed by atoms with Crippen LogP contribution in [-0.4, -0.2) is 47.3 Å². The Labute approximate surface area is 218 Å². The predicted molar refractivity (Wildman–Crippen MR) is 143 cm³/mol. The molecule has 0 aliphatic heterocycles. The largest absolute Gasteiger partial charge is 0.497 e. The summed E-state index contributed by atoms with van der Waals surface area (Å²) in [6.45, 7) is 8.88. The lowest BCUT2D eigenvalue weighted by Crippen LogP contribution is -2.51. The highest BCUT2D eigenvalue weighted by Crippen LogP contribution is 2.28. The third-order valence-electron chi connectivity index (χ3n) is 5.35. The summed E-state index contributed by atoms with van der Waals surface area (Å²) >= 11 is 4.22. The second-order valence-corrected chi connectivity index (χ2v) is 9.49. The van der Waals surface area contributed by atoms with Crippen LogP contribution in [0.4, 0.5) is 10.5 Å². The first-order valence-electron chi connectivity index (χ1n) is 11.3. The smallest absolute Gasteiger partial charge is 0.408 e. The molecule has 0 heterocycles. The van der Waals surface area contributed by atoms with Gasteiger partial charge in [0.1, 0.15) is 23.4 Å². The molecule has 0 radical (unpaired) electrons. The Morgan fingerprint density at radius 1 is 1.11 bits per heavy atom. The molecule has 2 aromatic rings. The van der Waals surface area contributed by atoms with Gasteiger partial charge in [0.25, 0.3) is 11.8 Å². The SMILES string of the molecule is C#CN(C(=O)C(CS)NC(=O)OC(C)(C)C)C(C(=O)Nc1ccc(OC)cc1)c1cccc(C)c1C. The van der Waals surface area contributed by atoms with Crippen molar-refractivity contribution in [1.82, 2.24) is 10.2 Å². The molecule has 36 heavy (non-hydrogen) atoms. The van der Waals surface area contributed by atoms with Gasteiger partial charge in [0.15, 0.2) is 0 Å². The predicted octanol–water partition coefficient (Wildman–Crippen LogP) is 4.23. The number of alkyl carbamates (subject to hydrolysis) is 1. The minimum Gasteiger partial charge on any atom is -0.497 e. The van der Waals surface area contributed by atoms with Crippen LogP contribution >= 0.6 is 12.6 Å². The van der Waals surface area contributed by atoms with Crippen LogP contribution in [0.3, 0.4) is 0 Å². The maximum Gasteiger partial charge on any atom is 0.408 e. The Balaban J connectivity index is 2.45. The van der Waals surface area contributed by atoms with Crippen LogP contribution in [0, 0.1) is 26.3 Å². The number of hydrogen-bond donors (Lipinski definition) is 3. The number of methoxy groups -OCH3 is 1. The van der Waals surface area contributed by atoms with Crippen molar-refractivity contribution in [2.45, 2.75) is 52.3 Å². The first-order chi connectivity index (χ1) is 16.9. The number of nitrogens with zero attached hydrogens (tertiary/aromatic N) is 1. The molecule has 0 bridgehead atoms. The van der Waals surface area contributed by atoms with E-state index in [-0.39, 0.29) is 5.75 Å². The normalized spacial score (nSPS) is 12.5. The Morgan fingerprint density at radius 3 is 2.28 bits per heavy atom. The maximum absolute atomic E-state index is 13.6. The van der Waals surface area contributed by atoms with Gasteiger partial charge in [0.05, 0.1) is 7.11 Å². The highest BCUT2D eigenvalue weighted by Gasteiger charge is 2.36. The van der Waals surface area contributed by atoms with Crippen molar-refractivity contribution in [3.8, 4) is 18.2 Å². The summed E-state index contributed by atoms with van der Waals surface area (Å²) in [6, 6.07) is 12.3. The van der Waals surface area contributed by atoms with E-state index in [1.54, 1.807) is 64.3 Å².